The van der Waals surface area contributed by atoms with Crippen molar-refractivity contribution in [3.63, 3.8) is 0 Å². The van der Waals surface area contributed by atoms with Crippen LogP contribution in [-0.4, -0.2) is 55.0 Å². The van der Waals surface area contributed by atoms with Crippen LogP contribution in [-0.2, 0) is 9.47 Å². The molecule has 1 aliphatic rings. The number of carbonyl (C=O) groups is 1. The van der Waals surface area contributed by atoms with E-state index >= 15 is 0 Å². The SMILES string of the molecule is C=C(Cl)CN1CCO[C@@H]([C@@H](C)NC(=O)OC(C)(C)C)C1. The predicted molar refractivity (Wildman–Crippen MR) is 80.0 cm³/mol. The molecule has 0 aliphatic carbocycles. The van der Waals surface area contributed by atoms with Gasteiger partial charge in [-0.25, -0.2) is 4.79 Å². The summed E-state index contributed by atoms with van der Waals surface area (Å²) in [6.07, 6.45) is -0.500. The Hall–Kier alpha value is -0.780. The third-order valence-electron chi connectivity index (χ3n) is 2.87. The van der Waals surface area contributed by atoms with Crippen molar-refractivity contribution >= 4 is 17.7 Å². The molecule has 0 unspecified atom stereocenters. The van der Waals surface area contributed by atoms with Gasteiger partial charge in [-0.2, -0.15) is 0 Å². The van der Waals surface area contributed by atoms with Crippen LogP contribution in [0.2, 0.25) is 0 Å². The van der Waals surface area contributed by atoms with Gasteiger partial charge < -0.3 is 14.8 Å². The zero-order chi connectivity index (χ0) is 15.3. The van der Waals surface area contributed by atoms with Crippen LogP contribution in [0.1, 0.15) is 27.7 Å². The first kappa shape index (κ1) is 17.3. The number of rotatable bonds is 4. The molecule has 1 heterocycles. The summed E-state index contributed by atoms with van der Waals surface area (Å²) < 4.78 is 10.9. The first-order valence-electron chi connectivity index (χ1n) is 6.84. The summed E-state index contributed by atoms with van der Waals surface area (Å²) in [7, 11) is 0. The second-order valence-corrected chi connectivity index (χ2v) is 6.63. The van der Waals surface area contributed by atoms with Gasteiger partial charge in [0.2, 0.25) is 0 Å². The zero-order valence-corrected chi connectivity index (χ0v) is 13.5. The van der Waals surface area contributed by atoms with Gasteiger partial charge in [-0.3, -0.25) is 4.90 Å². The molecule has 2 atom stereocenters. The molecular formula is C14H25ClN2O3. The summed E-state index contributed by atoms with van der Waals surface area (Å²) in [6.45, 7) is 13.9. The molecule has 5 nitrogen and oxygen atoms in total. The van der Waals surface area contributed by atoms with Gasteiger partial charge in [0.15, 0.2) is 0 Å². The molecule has 0 spiro atoms. The number of nitrogens with zero attached hydrogens (tertiary/aromatic N) is 1. The number of hydrogen-bond donors (Lipinski definition) is 1. The monoisotopic (exact) mass is 304 g/mol. The Balaban J connectivity index is 2.44. The lowest BCUT2D eigenvalue weighted by Crippen LogP contribution is -2.53. The van der Waals surface area contributed by atoms with Crippen LogP contribution in [0.3, 0.4) is 0 Å². The van der Waals surface area contributed by atoms with Crippen LogP contribution in [0.5, 0.6) is 0 Å². The fourth-order valence-corrected chi connectivity index (χ4v) is 2.18. The molecule has 0 aromatic carbocycles. The minimum Gasteiger partial charge on any atom is -0.444 e. The predicted octanol–water partition coefficient (Wildman–Crippen LogP) is 2.35. The summed E-state index contributed by atoms with van der Waals surface area (Å²) >= 11 is 5.83. The molecule has 1 fully saturated rings. The number of morpholine rings is 1. The van der Waals surface area contributed by atoms with Gasteiger partial charge >= 0.3 is 6.09 Å². The van der Waals surface area contributed by atoms with E-state index in [-0.39, 0.29) is 12.1 Å². The maximum atomic E-state index is 11.7. The van der Waals surface area contributed by atoms with Crippen molar-refractivity contribution in [2.75, 3.05) is 26.2 Å². The fourth-order valence-electron chi connectivity index (χ4n) is 2.01. The normalized spacial score (nSPS) is 22.1. The second kappa shape index (κ2) is 7.29. The van der Waals surface area contributed by atoms with E-state index in [0.29, 0.717) is 24.7 Å². The molecule has 116 valence electrons. The highest BCUT2D eigenvalue weighted by molar-refractivity contribution is 6.29. The third-order valence-corrected chi connectivity index (χ3v) is 2.99. The molecule has 6 heteroatoms. The van der Waals surface area contributed by atoms with Crippen LogP contribution in [0, 0.1) is 0 Å². The molecule has 0 aromatic heterocycles. The highest BCUT2D eigenvalue weighted by Crippen LogP contribution is 2.13. The number of alkyl carbamates (subject to hydrolysis) is 1. The molecule has 1 N–H and O–H groups in total. The first-order valence-corrected chi connectivity index (χ1v) is 7.22. The summed E-state index contributed by atoms with van der Waals surface area (Å²) in [6, 6.07) is -0.128. The van der Waals surface area contributed by atoms with E-state index in [0.717, 1.165) is 6.54 Å². The number of halogens is 1. The Morgan fingerprint density at radius 1 is 1.60 bits per heavy atom. The molecule has 0 bridgehead atoms. The van der Waals surface area contributed by atoms with Crippen LogP contribution in [0.25, 0.3) is 0 Å². The summed E-state index contributed by atoms with van der Waals surface area (Å²) in [4.78, 5) is 13.9. The topological polar surface area (TPSA) is 50.8 Å². The van der Waals surface area contributed by atoms with Gasteiger partial charge in [0.05, 0.1) is 18.8 Å². The van der Waals surface area contributed by atoms with E-state index in [9.17, 15) is 4.79 Å². The standard InChI is InChI=1S/C14H25ClN2O3/c1-10(15)8-17-6-7-19-12(9-17)11(2)16-13(18)20-14(3,4)5/h11-12H,1,6-9H2,2-5H3,(H,16,18)/t11-,12-/m1/s1. The number of hydrogen-bond acceptors (Lipinski definition) is 4. The summed E-state index contributed by atoms with van der Waals surface area (Å²) in [5.41, 5.74) is -0.500. The molecule has 1 amide bonds. The highest BCUT2D eigenvalue weighted by Gasteiger charge is 2.27. The van der Waals surface area contributed by atoms with E-state index in [1.807, 2.05) is 27.7 Å². The van der Waals surface area contributed by atoms with Crippen LogP contribution < -0.4 is 5.32 Å². The van der Waals surface area contributed by atoms with Crippen LogP contribution >= 0.6 is 11.6 Å². The van der Waals surface area contributed by atoms with E-state index in [4.69, 9.17) is 21.1 Å². The molecule has 1 aliphatic heterocycles. The van der Waals surface area contributed by atoms with Gasteiger partial charge in [-0.1, -0.05) is 18.2 Å². The third kappa shape index (κ3) is 6.59. The Morgan fingerprint density at radius 2 is 2.25 bits per heavy atom. The van der Waals surface area contributed by atoms with Crippen molar-refractivity contribution in [3.05, 3.63) is 11.6 Å². The maximum Gasteiger partial charge on any atom is 0.407 e. The first-order chi connectivity index (χ1) is 9.17. The van der Waals surface area contributed by atoms with E-state index in [1.165, 1.54) is 0 Å². The minimum atomic E-state index is -0.500. The molecular weight excluding hydrogens is 280 g/mol. The second-order valence-electron chi connectivity index (χ2n) is 6.10. The Labute approximate surface area is 126 Å². The van der Waals surface area contributed by atoms with Crippen molar-refractivity contribution in [2.24, 2.45) is 0 Å². The molecule has 20 heavy (non-hydrogen) atoms. The Kier molecular flexibility index (Phi) is 6.30. The molecule has 0 radical (unpaired) electrons. The lowest BCUT2D eigenvalue weighted by atomic mass is 10.1. The average Bonchev–Trinajstić information content (AvgIpc) is 2.25. The highest BCUT2D eigenvalue weighted by atomic mass is 35.5. The maximum absolute atomic E-state index is 11.7. The van der Waals surface area contributed by atoms with Gasteiger partial charge in [0.1, 0.15) is 5.60 Å². The molecule has 0 aromatic rings. The van der Waals surface area contributed by atoms with Crippen molar-refractivity contribution in [1.29, 1.82) is 0 Å². The lowest BCUT2D eigenvalue weighted by molar-refractivity contribution is -0.0418. The van der Waals surface area contributed by atoms with Crippen molar-refractivity contribution in [2.45, 2.75) is 45.4 Å². The Bertz CT molecular complexity index is 355. The van der Waals surface area contributed by atoms with Crippen LogP contribution in [0.4, 0.5) is 4.79 Å². The summed E-state index contributed by atoms with van der Waals surface area (Å²) in [5, 5.41) is 3.42. The average molecular weight is 305 g/mol. The number of ether oxygens (including phenoxy) is 2. The van der Waals surface area contributed by atoms with Gasteiger partial charge in [-0.05, 0) is 27.7 Å². The minimum absolute atomic E-state index is 0.0766. The van der Waals surface area contributed by atoms with Gasteiger partial charge in [0.25, 0.3) is 0 Å². The molecule has 0 saturated carbocycles. The number of nitrogens with one attached hydrogen (secondary N) is 1. The number of amides is 1. The largest absolute Gasteiger partial charge is 0.444 e. The summed E-state index contributed by atoms with van der Waals surface area (Å²) in [5.74, 6) is 0. The van der Waals surface area contributed by atoms with Crippen molar-refractivity contribution in [1.82, 2.24) is 10.2 Å². The van der Waals surface area contributed by atoms with E-state index < -0.39 is 11.7 Å². The van der Waals surface area contributed by atoms with E-state index in [2.05, 4.69) is 16.8 Å². The van der Waals surface area contributed by atoms with E-state index in [1.54, 1.807) is 0 Å². The van der Waals surface area contributed by atoms with Crippen molar-refractivity contribution < 1.29 is 14.3 Å². The molecule has 1 saturated heterocycles. The Morgan fingerprint density at radius 3 is 2.80 bits per heavy atom. The fraction of sp³-hybridized carbons (Fsp3) is 0.786. The quantitative estimate of drug-likeness (QED) is 0.866. The smallest absolute Gasteiger partial charge is 0.407 e. The number of carbonyl (C=O) groups excluding carboxylic acids is 1. The van der Waals surface area contributed by atoms with Crippen LogP contribution in [0.15, 0.2) is 11.6 Å². The van der Waals surface area contributed by atoms with Crippen molar-refractivity contribution in [3.8, 4) is 0 Å². The van der Waals surface area contributed by atoms with Gasteiger partial charge in [0, 0.05) is 24.7 Å². The zero-order valence-electron chi connectivity index (χ0n) is 12.7. The van der Waals surface area contributed by atoms with Gasteiger partial charge in [-0.15, -0.1) is 0 Å². The molecule has 1 rings (SSSR count). The lowest BCUT2D eigenvalue weighted by Gasteiger charge is -2.36.